The highest BCUT2D eigenvalue weighted by atomic mass is 19.4. The highest BCUT2D eigenvalue weighted by Crippen LogP contribution is 2.35. The number of anilines is 2. The van der Waals surface area contributed by atoms with Crippen LogP contribution in [0.15, 0.2) is 0 Å². The average molecular weight is 221 g/mol. The van der Waals surface area contributed by atoms with Crippen LogP contribution < -0.4 is 11.5 Å². The van der Waals surface area contributed by atoms with Gasteiger partial charge in [0, 0.05) is 0 Å². The van der Waals surface area contributed by atoms with E-state index in [4.69, 9.17) is 11.5 Å². The number of aromatic nitrogens is 3. The van der Waals surface area contributed by atoms with Crippen LogP contribution >= 0.6 is 0 Å². The third kappa shape index (κ3) is 2.67. The van der Waals surface area contributed by atoms with Gasteiger partial charge < -0.3 is 11.5 Å². The van der Waals surface area contributed by atoms with E-state index in [2.05, 4.69) is 15.0 Å². The lowest BCUT2D eigenvalue weighted by molar-refractivity contribution is -0.152. The van der Waals surface area contributed by atoms with Gasteiger partial charge in [0.05, 0.1) is 0 Å². The monoisotopic (exact) mass is 221 g/mol. The fourth-order valence-electron chi connectivity index (χ4n) is 1.14. The zero-order valence-corrected chi connectivity index (χ0v) is 7.91. The Morgan fingerprint density at radius 3 is 1.93 bits per heavy atom. The van der Waals surface area contributed by atoms with E-state index in [0.717, 1.165) is 0 Å². The molecule has 1 aromatic rings. The van der Waals surface area contributed by atoms with Crippen molar-refractivity contribution >= 4 is 11.9 Å². The molecule has 0 bridgehead atoms. The lowest BCUT2D eigenvalue weighted by Crippen LogP contribution is -2.23. The summed E-state index contributed by atoms with van der Waals surface area (Å²) in [5.74, 6) is -2.81. The molecule has 0 fully saturated rings. The van der Waals surface area contributed by atoms with Crippen molar-refractivity contribution in [2.75, 3.05) is 11.5 Å². The largest absolute Gasteiger partial charge is 0.398 e. The van der Waals surface area contributed by atoms with Crippen molar-refractivity contribution in [3.8, 4) is 0 Å². The van der Waals surface area contributed by atoms with Crippen molar-refractivity contribution in [3.63, 3.8) is 0 Å². The van der Waals surface area contributed by atoms with E-state index in [1.54, 1.807) is 0 Å². The first-order chi connectivity index (χ1) is 6.84. The van der Waals surface area contributed by atoms with Crippen molar-refractivity contribution in [1.29, 1.82) is 0 Å². The van der Waals surface area contributed by atoms with Gasteiger partial charge >= 0.3 is 6.18 Å². The van der Waals surface area contributed by atoms with Gasteiger partial charge in [-0.05, 0) is 6.42 Å². The summed E-state index contributed by atoms with van der Waals surface area (Å²) in [4.78, 5) is 10.3. The van der Waals surface area contributed by atoms with E-state index >= 15 is 0 Å². The van der Waals surface area contributed by atoms with E-state index in [9.17, 15) is 13.2 Å². The summed E-state index contributed by atoms with van der Waals surface area (Å²) in [6.07, 6.45) is -4.58. The molecule has 0 aliphatic carbocycles. The molecule has 8 heteroatoms. The molecule has 4 N–H and O–H groups in total. The van der Waals surface area contributed by atoms with Gasteiger partial charge in [-0.15, -0.1) is 0 Å². The van der Waals surface area contributed by atoms with Crippen LogP contribution in [0.5, 0.6) is 0 Å². The van der Waals surface area contributed by atoms with Crippen LogP contribution in [0, 0.1) is 0 Å². The summed E-state index contributed by atoms with van der Waals surface area (Å²) in [5.41, 5.74) is 10.4. The van der Waals surface area contributed by atoms with E-state index in [-0.39, 0.29) is 18.3 Å². The molecule has 1 atom stereocenters. The van der Waals surface area contributed by atoms with Crippen molar-refractivity contribution in [1.82, 2.24) is 15.0 Å². The highest BCUT2D eigenvalue weighted by molar-refractivity contribution is 5.27. The molecule has 0 aliphatic rings. The SMILES string of the molecule is CC[C@@H](c1nc(N)nc(N)n1)C(F)(F)F. The molecule has 0 saturated heterocycles. The molecule has 15 heavy (non-hydrogen) atoms. The van der Waals surface area contributed by atoms with Crippen LogP contribution in [0.3, 0.4) is 0 Å². The number of rotatable bonds is 2. The van der Waals surface area contributed by atoms with Crippen LogP contribution in [-0.2, 0) is 0 Å². The first kappa shape index (κ1) is 11.5. The fourth-order valence-corrected chi connectivity index (χ4v) is 1.14. The van der Waals surface area contributed by atoms with Crippen molar-refractivity contribution < 1.29 is 13.2 Å². The smallest absolute Gasteiger partial charge is 0.368 e. The second-order valence-corrected chi connectivity index (χ2v) is 2.91. The molecule has 1 rings (SSSR count). The number of nitrogens with two attached hydrogens (primary N) is 2. The third-order valence-corrected chi connectivity index (χ3v) is 1.80. The van der Waals surface area contributed by atoms with Gasteiger partial charge in [-0.1, -0.05) is 6.92 Å². The van der Waals surface area contributed by atoms with E-state index in [1.165, 1.54) is 6.92 Å². The third-order valence-electron chi connectivity index (χ3n) is 1.80. The first-order valence-electron chi connectivity index (χ1n) is 4.18. The van der Waals surface area contributed by atoms with Gasteiger partial charge in [-0.2, -0.15) is 28.1 Å². The Balaban J connectivity index is 3.13. The lowest BCUT2D eigenvalue weighted by atomic mass is 10.1. The molecule has 0 radical (unpaired) electrons. The summed E-state index contributed by atoms with van der Waals surface area (Å²) < 4.78 is 37.5. The zero-order chi connectivity index (χ0) is 11.6. The molecular weight excluding hydrogens is 211 g/mol. The molecule has 0 aromatic carbocycles. The van der Waals surface area contributed by atoms with Crippen molar-refractivity contribution in [2.24, 2.45) is 0 Å². The lowest BCUT2D eigenvalue weighted by Gasteiger charge is -2.16. The molecule has 0 aliphatic heterocycles. The summed E-state index contributed by atoms with van der Waals surface area (Å²) in [7, 11) is 0. The molecule has 0 saturated carbocycles. The number of hydrogen-bond acceptors (Lipinski definition) is 5. The standard InChI is InChI=1S/C7H10F3N5/c1-2-3(7(8,9)10)4-13-5(11)15-6(12)14-4/h3H,2H2,1H3,(H4,11,12,13,14,15)/t3-/m0/s1. The topological polar surface area (TPSA) is 90.7 Å². The van der Waals surface area contributed by atoms with Gasteiger partial charge in [0.2, 0.25) is 11.9 Å². The van der Waals surface area contributed by atoms with Gasteiger partial charge in [0.1, 0.15) is 11.7 Å². The number of nitrogens with zero attached hydrogens (tertiary/aromatic N) is 3. The Hall–Kier alpha value is -1.60. The van der Waals surface area contributed by atoms with Crippen LogP contribution in [-0.4, -0.2) is 21.1 Å². The maximum absolute atomic E-state index is 12.5. The molecule has 0 amide bonds. The van der Waals surface area contributed by atoms with Gasteiger partial charge in [0.15, 0.2) is 0 Å². The van der Waals surface area contributed by atoms with E-state index < -0.39 is 17.9 Å². The maximum atomic E-state index is 12.5. The minimum Gasteiger partial charge on any atom is -0.368 e. The Labute approximate surface area is 83.7 Å². The Kier molecular flexibility index (Phi) is 2.96. The van der Waals surface area contributed by atoms with Crippen LogP contribution in [0.4, 0.5) is 25.1 Å². The molecule has 0 unspecified atom stereocenters. The van der Waals surface area contributed by atoms with Crippen LogP contribution in [0.2, 0.25) is 0 Å². The molecule has 84 valence electrons. The predicted molar refractivity (Wildman–Crippen MR) is 47.7 cm³/mol. The molecule has 5 nitrogen and oxygen atoms in total. The number of hydrogen-bond donors (Lipinski definition) is 2. The second kappa shape index (κ2) is 3.87. The van der Waals surface area contributed by atoms with E-state index in [1.807, 2.05) is 0 Å². The summed E-state index contributed by atoms with van der Waals surface area (Å²) in [6, 6.07) is 0. The highest BCUT2D eigenvalue weighted by Gasteiger charge is 2.41. The minimum atomic E-state index is -4.41. The quantitative estimate of drug-likeness (QED) is 0.780. The Bertz CT molecular complexity index is 331. The summed E-state index contributed by atoms with van der Waals surface area (Å²) >= 11 is 0. The molecule has 0 spiro atoms. The average Bonchev–Trinajstić information content (AvgIpc) is 1.99. The summed E-state index contributed by atoms with van der Waals surface area (Å²) in [5, 5.41) is 0. The normalized spacial score (nSPS) is 13.9. The first-order valence-corrected chi connectivity index (χ1v) is 4.18. The number of alkyl halides is 3. The van der Waals surface area contributed by atoms with Crippen LogP contribution in [0.25, 0.3) is 0 Å². The Morgan fingerprint density at radius 1 is 1.13 bits per heavy atom. The van der Waals surface area contributed by atoms with Crippen LogP contribution in [0.1, 0.15) is 25.1 Å². The van der Waals surface area contributed by atoms with Gasteiger partial charge in [-0.25, -0.2) is 0 Å². The zero-order valence-electron chi connectivity index (χ0n) is 7.91. The Morgan fingerprint density at radius 2 is 1.60 bits per heavy atom. The minimum absolute atomic E-state index is 0.174. The molecule has 1 heterocycles. The van der Waals surface area contributed by atoms with Crippen molar-refractivity contribution in [2.45, 2.75) is 25.4 Å². The fraction of sp³-hybridized carbons (Fsp3) is 0.571. The van der Waals surface area contributed by atoms with Gasteiger partial charge in [-0.3, -0.25) is 0 Å². The summed E-state index contributed by atoms with van der Waals surface area (Å²) in [6.45, 7) is 1.38. The number of nitrogen functional groups attached to an aromatic ring is 2. The maximum Gasteiger partial charge on any atom is 0.398 e. The second-order valence-electron chi connectivity index (χ2n) is 2.91. The number of halogens is 3. The van der Waals surface area contributed by atoms with E-state index in [0.29, 0.717) is 0 Å². The van der Waals surface area contributed by atoms with Crippen molar-refractivity contribution in [3.05, 3.63) is 5.82 Å². The van der Waals surface area contributed by atoms with Gasteiger partial charge in [0.25, 0.3) is 0 Å². The molecule has 1 aromatic heterocycles. The molecular formula is C7H10F3N5. The predicted octanol–water partition coefficient (Wildman–Crippen LogP) is 1.09.